The lowest BCUT2D eigenvalue weighted by Gasteiger charge is -2.19. The highest BCUT2D eigenvalue weighted by Crippen LogP contribution is 2.16. The fraction of sp³-hybridized carbons (Fsp3) is 0.350. The van der Waals surface area contributed by atoms with Crippen LogP contribution in [-0.2, 0) is 19.6 Å². The van der Waals surface area contributed by atoms with Gasteiger partial charge in [-0.15, -0.1) is 0 Å². The summed E-state index contributed by atoms with van der Waals surface area (Å²) in [6, 6.07) is 15.8. The van der Waals surface area contributed by atoms with Crippen molar-refractivity contribution in [3.63, 3.8) is 0 Å². The van der Waals surface area contributed by atoms with Crippen molar-refractivity contribution in [2.24, 2.45) is 0 Å². The molecule has 0 saturated heterocycles. The fourth-order valence-electron chi connectivity index (χ4n) is 2.53. The molecule has 2 rings (SSSR count). The van der Waals surface area contributed by atoms with Crippen molar-refractivity contribution in [2.75, 3.05) is 20.6 Å². The Labute approximate surface area is 155 Å². The van der Waals surface area contributed by atoms with Crippen molar-refractivity contribution in [1.29, 1.82) is 0 Å². The number of hydrogen-bond acceptors (Lipinski definition) is 2. The Balaban J connectivity index is 1.89. The molecule has 0 fully saturated rings. The molecule has 0 saturated carbocycles. The SMILES string of the molecule is CCN(C)Cc1cccc(CNC(=O)N(C)Cc2ccccc2Cl)c1. The van der Waals surface area contributed by atoms with E-state index < -0.39 is 0 Å². The van der Waals surface area contributed by atoms with Crippen LogP contribution >= 0.6 is 11.6 Å². The molecule has 0 heterocycles. The predicted molar refractivity (Wildman–Crippen MR) is 104 cm³/mol. The molecular weight excluding hydrogens is 334 g/mol. The number of nitrogens with one attached hydrogen (secondary N) is 1. The minimum Gasteiger partial charge on any atom is -0.334 e. The summed E-state index contributed by atoms with van der Waals surface area (Å²) in [6.07, 6.45) is 0. The smallest absolute Gasteiger partial charge is 0.317 e. The van der Waals surface area contributed by atoms with Crippen LogP contribution < -0.4 is 5.32 Å². The number of carbonyl (C=O) groups is 1. The van der Waals surface area contributed by atoms with Crippen LogP contribution in [0.15, 0.2) is 48.5 Å². The number of amides is 2. The molecule has 0 aliphatic heterocycles. The molecule has 134 valence electrons. The lowest BCUT2D eigenvalue weighted by molar-refractivity contribution is 0.206. The van der Waals surface area contributed by atoms with E-state index in [9.17, 15) is 4.79 Å². The van der Waals surface area contributed by atoms with Crippen LogP contribution in [0.4, 0.5) is 4.79 Å². The zero-order chi connectivity index (χ0) is 18.2. The minimum atomic E-state index is -0.115. The highest BCUT2D eigenvalue weighted by molar-refractivity contribution is 6.31. The summed E-state index contributed by atoms with van der Waals surface area (Å²) in [5.74, 6) is 0. The second-order valence-electron chi connectivity index (χ2n) is 6.26. The average Bonchev–Trinajstić information content (AvgIpc) is 2.61. The Bertz CT molecular complexity index is 705. The maximum atomic E-state index is 12.3. The summed E-state index contributed by atoms with van der Waals surface area (Å²) in [5.41, 5.74) is 3.29. The van der Waals surface area contributed by atoms with Crippen LogP contribution in [0.2, 0.25) is 5.02 Å². The van der Waals surface area contributed by atoms with Crippen molar-refractivity contribution in [1.82, 2.24) is 15.1 Å². The van der Waals surface area contributed by atoms with Crippen LogP contribution in [0.25, 0.3) is 0 Å². The van der Waals surface area contributed by atoms with Gasteiger partial charge in [0.25, 0.3) is 0 Å². The number of carbonyl (C=O) groups excluding carboxylic acids is 1. The van der Waals surface area contributed by atoms with Gasteiger partial charge in [0.15, 0.2) is 0 Å². The third-order valence-corrected chi connectivity index (χ3v) is 4.51. The van der Waals surface area contributed by atoms with Gasteiger partial charge in [-0.05, 0) is 36.3 Å². The zero-order valence-electron chi connectivity index (χ0n) is 15.1. The van der Waals surface area contributed by atoms with E-state index in [1.165, 1.54) is 5.56 Å². The first-order valence-electron chi connectivity index (χ1n) is 8.48. The maximum Gasteiger partial charge on any atom is 0.317 e. The number of hydrogen-bond donors (Lipinski definition) is 1. The van der Waals surface area contributed by atoms with Gasteiger partial charge in [-0.25, -0.2) is 4.79 Å². The quantitative estimate of drug-likeness (QED) is 0.806. The molecule has 5 heteroatoms. The Hall–Kier alpha value is -2.04. The van der Waals surface area contributed by atoms with E-state index in [0.717, 1.165) is 24.2 Å². The summed E-state index contributed by atoms with van der Waals surface area (Å²) in [7, 11) is 3.86. The second kappa shape index (κ2) is 9.44. The highest BCUT2D eigenvalue weighted by Gasteiger charge is 2.10. The van der Waals surface area contributed by atoms with Crippen LogP contribution in [0.5, 0.6) is 0 Å². The van der Waals surface area contributed by atoms with E-state index >= 15 is 0 Å². The van der Waals surface area contributed by atoms with E-state index in [1.807, 2.05) is 36.4 Å². The van der Waals surface area contributed by atoms with E-state index in [0.29, 0.717) is 18.1 Å². The van der Waals surface area contributed by atoms with Gasteiger partial charge in [0, 0.05) is 31.7 Å². The largest absolute Gasteiger partial charge is 0.334 e. The highest BCUT2D eigenvalue weighted by atomic mass is 35.5. The second-order valence-corrected chi connectivity index (χ2v) is 6.66. The molecule has 25 heavy (non-hydrogen) atoms. The topological polar surface area (TPSA) is 35.6 Å². The molecular formula is C20H26ClN3O. The molecule has 2 amide bonds. The van der Waals surface area contributed by atoms with E-state index in [1.54, 1.807) is 11.9 Å². The summed E-state index contributed by atoms with van der Waals surface area (Å²) in [5, 5.41) is 3.64. The molecule has 0 unspecified atom stereocenters. The molecule has 0 radical (unpaired) electrons. The van der Waals surface area contributed by atoms with Crippen LogP contribution in [0, 0.1) is 0 Å². The van der Waals surface area contributed by atoms with E-state index in [2.05, 4.69) is 36.3 Å². The third kappa shape index (κ3) is 6.07. The van der Waals surface area contributed by atoms with Gasteiger partial charge < -0.3 is 15.1 Å². The van der Waals surface area contributed by atoms with Crippen LogP contribution in [-0.4, -0.2) is 36.5 Å². The Morgan fingerprint density at radius 1 is 1.04 bits per heavy atom. The first-order chi connectivity index (χ1) is 12.0. The first-order valence-corrected chi connectivity index (χ1v) is 8.86. The monoisotopic (exact) mass is 359 g/mol. The summed E-state index contributed by atoms with van der Waals surface area (Å²) in [6.45, 7) is 5.04. The summed E-state index contributed by atoms with van der Waals surface area (Å²) < 4.78 is 0. The van der Waals surface area contributed by atoms with Gasteiger partial charge in [-0.3, -0.25) is 0 Å². The van der Waals surface area contributed by atoms with Crippen molar-refractivity contribution < 1.29 is 4.79 Å². The first kappa shape index (κ1) is 19.3. The van der Waals surface area contributed by atoms with Gasteiger partial charge in [0.1, 0.15) is 0 Å². The average molecular weight is 360 g/mol. The third-order valence-electron chi connectivity index (χ3n) is 4.14. The minimum absolute atomic E-state index is 0.115. The Morgan fingerprint density at radius 3 is 2.48 bits per heavy atom. The van der Waals surface area contributed by atoms with Crippen molar-refractivity contribution in [3.8, 4) is 0 Å². The van der Waals surface area contributed by atoms with Gasteiger partial charge in [-0.2, -0.15) is 0 Å². The molecule has 4 nitrogen and oxygen atoms in total. The zero-order valence-corrected chi connectivity index (χ0v) is 15.9. The number of rotatable bonds is 7. The standard InChI is InChI=1S/C20H26ClN3O/c1-4-23(2)14-17-9-7-8-16(12-17)13-22-20(25)24(3)15-18-10-5-6-11-19(18)21/h5-12H,4,13-15H2,1-3H3,(H,22,25). The van der Waals surface area contributed by atoms with Crippen molar-refractivity contribution >= 4 is 17.6 Å². The summed E-state index contributed by atoms with van der Waals surface area (Å²) in [4.78, 5) is 16.2. The lowest BCUT2D eigenvalue weighted by atomic mass is 10.1. The van der Waals surface area contributed by atoms with Crippen LogP contribution in [0.1, 0.15) is 23.6 Å². The molecule has 0 bridgehead atoms. The maximum absolute atomic E-state index is 12.3. The Kier molecular flexibility index (Phi) is 7.29. The molecule has 0 spiro atoms. The molecule has 0 atom stereocenters. The van der Waals surface area contributed by atoms with Gasteiger partial charge >= 0.3 is 6.03 Å². The molecule has 2 aromatic carbocycles. The van der Waals surface area contributed by atoms with Crippen molar-refractivity contribution in [3.05, 3.63) is 70.2 Å². The van der Waals surface area contributed by atoms with Crippen molar-refractivity contribution in [2.45, 2.75) is 26.6 Å². The lowest BCUT2D eigenvalue weighted by Crippen LogP contribution is -2.36. The molecule has 0 aliphatic rings. The molecule has 1 N–H and O–H groups in total. The van der Waals surface area contributed by atoms with Gasteiger partial charge in [0.05, 0.1) is 0 Å². The van der Waals surface area contributed by atoms with Gasteiger partial charge in [-0.1, -0.05) is 61.0 Å². The van der Waals surface area contributed by atoms with Gasteiger partial charge in [0.2, 0.25) is 0 Å². The number of halogens is 1. The normalized spacial score (nSPS) is 10.8. The number of urea groups is 1. The number of nitrogens with zero attached hydrogens (tertiary/aromatic N) is 2. The number of benzene rings is 2. The Morgan fingerprint density at radius 2 is 1.76 bits per heavy atom. The molecule has 0 aromatic heterocycles. The fourth-order valence-corrected chi connectivity index (χ4v) is 2.72. The van der Waals surface area contributed by atoms with E-state index in [4.69, 9.17) is 11.6 Å². The van der Waals surface area contributed by atoms with Crippen LogP contribution in [0.3, 0.4) is 0 Å². The summed E-state index contributed by atoms with van der Waals surface area (Å²) >= 11 is 6.15. The molecule has 0 aliphatic carbocycles. The van der Waals surface area contributed by atoms with E-state index in [-0.39, 0.29) is 6.03 Å². The predicted octanol–water partition coefficient (Wildman–Crippen LogP) is 4.13. The molecule has 2 aromatic rings.